The van der Waals surface area contributed by atoms with Crippen molar-refractivity contribution >= 4 is 46.3 Å². The normalized spacial score (nSPS) is 14.6. The van der Waals surface area contributed by atoms with Crippen LogP contribution in [0, 0.1) is 37.8 Å². The maximum atomic E-state index is 12.8. The van der Waals surface area contributed by atoms with Gasteiger partial charge in [-0.1, -0.05) is 12.1 Å². The van der Waals surface area contributed by atoms with E-state index in [4.69, 9.17) is 4.42 Å². The predicted octanol–water partition coefficient (Wildman–Crippen LogP) is 5.76. The highest BCUT2D eigenvalue weighted by atomic mass is 32.2. The molecule has 36 heavy (non-hydrogen) atoms. The Morgan fingerprint density at radius 1 is 1.08 bits per heavy atom. The highest BCUT2D eigenvalue weighted by molar-refractivity contribution is 8.18. The Morgan fingerprint density at radius 3 is 2.56 bits per heavy atom. The second kappa shape index (κ2) is 9.82. The zero-order valence-corrected chi connectivity index (χ0v) is 20.9. The standard InChI is InChI=1S/C26H23N3O6S/c1-14-5-6-15(2)20(9-14)27-24(30)13-28-25(31)23(36-26(28)32)12-19-7-8-22(35-19)18-10-16(3)17(4)21(11-18)29(33)34/h5-12H,13H2,1-4H3,(H,27,30)/b23-12+. The van der Waals surface area contributed by atoms with E-state index in [0.717, 1.165) is 21.6 Å². The Hall–Kier alpha value is -4.18. The lowest BCUT2D eigenvalue weighted by atomic mass is 10.0. The molecule has 1 aromatic heterocycles. The Balaban J connectivity index is 1.50. The zero-order chi connectivity index (χ0) is 26.1. The average Bonchev–Trinajstić information content (AvgIpc) is 3.38. The van der Waals surface area contributed by atoms with Gasteiger partial charge in [0.1, 0.15) is 18.1 Å². The number of carbonyl (C=O) groups is 3. The van der Waals surface area contributed by atoms with Gasteiger partial charge in [0, 0.05) is 29.0 Å². The smallest absolute Gasteiger partial charge is 0.294 e. The third-order valence-electron chi connectivity index (χ3n) is 5.86. The first-order valence-corrected chi connectivity index (χ1v) is 11.8. The highest BCUT2D eigenvalue weighted by Gasteiger charge is 2.36. The number of nitrogens with zero attached hydrogens (tertiary/aromatic N) is 2. The van der Waals surface area contributed by atoms with E-state index in [-0.39, 0.29) is 10.6 Å². The number of hydrogen-bond donors (Lipinski definition) is 1. The fourth-order valence-electron chi connectivity index (χ4n) is 3.73. The zero-order valence-electron chi connectivity index (χ0n) is 20.1. The van der Waals surface area contributed by atoms with E-state index in [1.54, 1.807) is 32.0 Å². The van der Waals surface area contributed by atoms with Gasteiger partial charge in [0.05, 0.1) is 9.83 Å². The van der Waals surface area contributed by atoms with Gasteiger partial charge >= 0.3 is 0 Å². The molecular formula is C26H23N3O6S. The van der Waals surface area contributed by atoms with Crippen molar-refractivity contribution < 1.29 is 23.7 Å². The molecule has 2 aromatic carbocycles. The summed E-state index contributed by atoms with van der Waals surface area (Å²) in [5.41, 5.74) is 4.30. The van der Waals surface area contributed by atoms with Crippen molar-refractivity contribution in [2.45, 2.75) is 27.7 Å². The molecular weight excluding hydrogens is 482 g/mol. The Labute approximate surface area is 211 Å². The van der Waals surface area contributed by atoms with Gasteiger partial charge < -0.3 is 9.73 Å². The maximum absolute atomic E-state index is 12.8. The summed E-state index contributed by atoms with van der Waals surface area (Å²) in [6.07, 6.45) is 1.42. The van der Waals surface area contributed by atoms with Crippen LogP contribution in [0.25, 0.3) is 17.4 Å². The van der Waals surface area contributed by atoms with Crippen molar-refractivity contribution in [3.8, 4) is 11.3 Å². The van der Waals surface area contributed by atoms with E-state index < -0.39 is 28.5 Å². The maximum Gasteiger partial charge on any atom is 0.294 e. The largest absolute Gasteiger partial charge is 0.457 e. The number of imide groups is 1. The molecule has 0 atom stereocenters. The van der Waals surface area contributed by atoms with Gasteiger partial charge in [-0.05, 0) is 80.4 Å². The summed E-state index contributed by atoms with van der Waals surface area (Å²) in [5, 5.41) is 13.6. The minimum Gasteiger partial charge on any atom is -0.457 e. The van der Waals surface area contributed by atoms with Crippen molar-refractivity contribution in [2.24, 2.45) is 0 Å². The Kier molecular flexibility index (Phi) is 6.80. The Morgan fingerprint density at radius 2 is 1.83 bits per heavy atom. The van der Waals surface area contributed by atoms with Crippen LogP contribution in [0.4, 0.5) is 16.2 Å². The van der Waals surface area contributed by atoms with Gasteiger partial charge in [0.25, 0.3) is 16.8 Å². The molecule has 1 N–H and O–H groups in total. The first kappa shape index (κ1) is 24.9. The summed E-state index contributed by atoms with van der Waals surface area (Å²) in [5.74, 6) is -0.388. The lowest BCUT2D eigenvalue weighted by Gasteiger charge is -2.14. The molecule has 4 rings (SSSR count). The molecule has 184 valence electrons. The number of amides is 3. The Bertz CT molecular complexity index is 1460. The van der Waals surface area contributed by atoms with Crippen molar-refractivity contribution in [2.75, 3.05) is 11.9 Å². The third-order valence-corrected chi connectivity index (χ3v) is 6.77. The summed E-state index contributed by atoms with van der Waals surface area (Å²) in [6.45, 7) is 6.81. The van der Waals surface area contributed by atoms with Gasteiger partial charge in [-0.3, -0.25) is 29.4 Å². The molecule has 0 bridgehead atoms. The van der Waals surface area contributed by atoms with Gasteiger partial charge in [0.2, 0.25) is 5.91 Å². The number of nitro benzene ring substituents is 1. The number of aryl methyl sites for hydroxylation is 3. The molecule has 9 nitrogen and oxygen atoms in total. The van der Waals surface area contributed by atoms with Gasteiger partial charge in [0.15, 0.2) is 0 Å². The molecule has 0 radical (unpaired) electrons. The SMILES string of the molecule is Cc1ccc(C)c(NC(=O)CN2C(=O)S/C(=C/c3ccc(-c4cc(C)c(C)c([N+](=O)[O-])c4)o3)C2=O)c1. The lowest BCUT2D eigenvalue weighted by Crippen LogP contribution is -2.36. The number of furan rings is 1. The predicted molar refractivity (Wildman–Crippen MR) is 137 cm³/mol. The monoisotopic (exact) mass is 505 g/mol. The molecule has 0 aliphatic carbocycles. The number of thioether (sulfide) groups is 1. The van der Waals surface area contributed by atoms with Crippen molar-refractivity contribution in [3.63, 3.8) is 0 Å². The summed E-state index contributed by atoms with van der Waals surface area (Å²) in [7, 11) is 0. The van der Waals surface area contributed by atoms with Crippen LogP contribution in [0.15, 0.2) is 51.8 Å². The van der Waals surface area contributed by atoms with E-state index in [2.05, 4.69) is 5.32 Å². The van der Waals surface area contributed by atoms with Crippen LogP contribution < -0.4 is 5.32 Å². The molecule has 1 fully saturated rings. The van der Waals surface area contributed by atoms with Crippen molar-refractivity contribution in [1.82, 2.24) is 4.90 Å². The van der Waals surface area contributed by atoms with E-state index >= 15 is 0 Å². The molecule has 10 heteroatoms. The number of hydrogen-bond acceptors (Lipinski definition) is 7. The topological polar surface area (TPSA) is 123 Å². The van der Waals surface area contributed by atoms with Crippen LogP contribution in [0.1, 0.15) is 28.0 Å². The van der Waals surface area contributed by atoms with Gasteiger partial charge in [-0.15, -0.1) is 0 Å². The van der Waals surface area contributed by atoms with E-state index in [0.29, 0.717) is 40.1 Å². The second-order valence-corrected chi connectivity index (χ2v) is 9.52. The fourth-order valence-corrected chi connectivity index (χ4v) is 4.55. The van der Waals surface area contributed by atoms with E-state index in [9.17, 15) is 24.5 Å². The van der Waals surface area contributed by atoms with Gasteiger partial charge in [-0.25, -0.2) is 0 Å². The molecule has 1 saturated heterocycles. The first-order chi connectivity index (χ1) is 17.0. The molecule has 1 aliphatic rings. The van der Waals surface area contributed by atoms with Crippen molar-refractivity contribution in [1.29, 1.82) is 0 Å². The number of rotatable bonds is 6. The molecule has 3 amide bonds. The van der Waals surface area contributed by atoms with Crippen LogP contribution in [-0.2, 0) is 9.59 Å². The van der Waals surface area contributed by atoms with Crippen LogP contribution in [-0.4, -0.2) is 33.4 Å². The molecule has 2 heterocycles. The lowest BCUT2D eigenvalue weighted by molar-refractivity contribution is -0.385. The van der Waals surface area contributed by atoms with Crippen LogP contribution in [0.5, 0.6) is 0 Å². The number of nitrogens with one attached hydrogen (secondary N) is 1. The second-order valence-electron chi connectivity index (χ2n) is 8.53. The molecule has 0 unspecified atom stereocenters. The molecule has 3 aromatic rings. The number of benzene rings is 2. The summed E-state index contributed by atoms with van der Waals surface area (Å²) in [6, 6.07) is 12.1. The fraction of sp³-hybridized carbons (Fsp3) is 0.192. The van der Waals surface area contributed by atoms with Gasteiger partial charge in [-0.2, -0.15) is 0 Å². The quantitative estimate of drug-likeness (QED) is 0.256. The number of anilines is 1. The van der Waals surface area contributed by atoms with E-state index in [1.807, 2.05) is 32.0 Å². The third kappa shape index (κ3) is 5.08. The first-order valence-electron chi connectivity index (χ1n) is 11.0. The number of carbonyl (C=O) groups excluding carboxylic acids is 3. The summed E-state index contributed by atoms with van der Waals surface area (Å²) >= 11 is 0.716. The van der Waals surface area contributed by atoms with Crippen LogP contribution in [0.2, 0.25) is 0 Å². The molecule has 1 aliphatic heterocycles. The van der Waals surface area contributed by atoms with E-state index in [1.165, 1.54) is 12.1 Å². The highest BCUT2D eigenvalue weighted by Crippen LogP contribution is 2.35. The number of nitro groups is 1. The summed E-state index contributed by atoms with van der Waals surface area (Å²) < 4.78 is 5.79. The van der Waals surface area contributed by atoms with Crippen molar-refractivity contribution in [3.05, 3.63) is 85.5 Å². The minimum atomic E-state index is -0.596. The van der Waals surface area contributed by atoms with Crippen LogP contribution in [0.3, 0.4) is 0 Å². The van der Waals surface area contributed by atoms with Crippen LogP contribution >= 0.6 is 11.8 Å². The molecule has 0 spiro atoms. The minimum absolute atomic E-state index is 0.0109. The average molecular weight is 506 g/mol. The summed E-state index contributed by atoms with van der Waals surface area (Å²) in [4.78, 5) is 49.7. The molecule has 0 saturated carbocycles.